The number of fused-ring (bicyclic) bond motifs is 5. The van der Waals surface area contributed by atoms with Crippen molar-refractivity contribution in [1.82, 2.24) is 0 Å². The summed E-state index contributed by atoms with van der Waals surface area (Å²) in [7, 11) is 0. The topological polar surface area (TPSA) is 110 Å². The van der Waals surface area contributed by atoms with Gasteiger partial charge in [0.25, 0.3) is 0 Å². The van der Waals surface area contributed by atoms with Crippen LogP contribution in [0.2, 0.25) is 0 Å². The van der Waals surface area contributed by atoms with E-state index < -0.39 is 46.0 Å². The van der Waals surface area contributed by atoms with Crippen LogP contribution in [0.4, 0.5) is 0 Å². The van der Waals surface area contributed by atoms with Gasteiger partial charge < -0.3 is 19.7 Å². The Balaban J connectivity index is 1.56. The van der Waals surface area contributed by atoms with E-state index in [1.165, 1.54) is 6.92 Å². The Kier molecular flexibility index (Phi) is 6.15. The first kappa shape index (κ1) is 26.4. The molecule has 2 fully saturated rings. The summed E-state index contributed by atoms with van der Waals surface area (Å²) in [5.41, 5.74) is -1.69. The molecule has 1 aliphatic heterocycles. The van der Waals surface area contributed by atoms with Crippen LogP contribution in [0.15, 0.2) is 34.9 Å². The zero-order chi connectivity index (χ0) is 27.0. The molecule has 0 spiro atoms. The molecule has 0 amide bonds. The largest absolute Gasteiger partial charge is 0.465 e. The molecule has 2 N–H and O–H groups in total. The van der Waals surface area contributed by atoms with Gasteiger partial charge in [-0.1, -0.05) is 23.3 Å². The van der Waals surface area contributed by atoms with E-state index in [0.717, 1.165) is 17.6 Å². The SMILES string of the molecule is CC(=O)OCC12CCC3C(CC=C4CC=CC(=O)C43C)C1(O)CCC2C(C)(O)C1CC(C)=C(C)C(=O)O1. The van der Waals surface area contributed by atoms with Crippen LogP contribution in [-0.2, 0) is 23.9 Å². The molecule has 0 aromatic carbocycles. The number of carbonyl (C=O) groups is 3. The molecular formula is C30H40O7. The number of carbonyl (C=O) groups excluding carboxylic acids is 3. The van der Waals surface area contributed by atoms with E-state index in [1.807, 2.05) is 19.9 Å². The molecule has 202 valence electrons. The van der Waals surface area contributed by atoms with Crippen LogP contribution in [0.25, 0.3) is 0 Å². The molecule has 7 heteroatoms. The van der Waals surface area contributed by atoms with Crippen molar-refractivity contribution in [2.24, 2.45) is 28.6 Å². The molecular weight excluding hydrogens is 472 g/mol. The Morgan fingerprint density at radius 1 is 1.22 bits per heavy atom. The minimum atomic E-state index is -1.45. The van der Waals surface area contributed by atoms with Gasteiger partial charge >= 0.3 is 11.9 Å². The average molecular weight is 513 g/mol. The fourth-order valence-electron chi connectivity index (χ4n) is 8.75. The lowest BCUT2D eigenvalue weighted by Crippen LogP contribution is -2.66. The number of allylic oxidation sites excluding steroid dienone is 4. The highest BCUT2D eigenvalue weighted by atomic mass is 16.6. The predicted octanol–water partition coefficient (Wildman–Crippen LogP) is 3.97. The molecule has 0 aromatic rings. The zero-order valence-electron chi connectivity index (χ0n) is 22.6. The van der Waals surface area contributed by atoms with Gasteiger partial charge in [-0.05, 0) is 84.1 Å². The first-order valence-electron chi connectivity index (χ1n) is 13.6. The third-order valence-corrected chi connectivity index (χ3v) is 11.1. The third-order valence-electron chi connectivity index (χ3n) is 11.1. The fraction of sp³-hybridized carbons (Fsp3) is 0.700. The van der Waals surface area contributed by atoms with E-state index in [2.05, 4.69) is 6.08 Å². The van der Waals surface area contributed by atoms with Crippen molar-refractivity contribution >= 4 is 17.7 Å². The van der Waals surface area contributed by atoms with Crippen LogP contribution in [0.1, 0.15) is 79.6 Å². The van der Waals surface area contributed by atoms with Gasteiger partial charge in [0.15, 0.2) is 5.78 Å². The first-order chi connectivity index (χ1) is 17.3. The van der Waals surface area contributed by atoms with E-state index in [9.17, 15) is 24.6 Å². The molecule has 8 unspecified atom stereocenters. The van der Waals surface area contributed by atoms with E-state index in [4.69, 9.17) is 9.47 Å². The Hall–Kier alpha value is -2.25. The monoisotopic (exact) mass is 512 g/mol. The van der Waals surface area contributed by atoms with Gasteiger partial charge in [-0.25, -0.2) is 4.79 Å². The van der Waals surface area contributed by atoms with Crippen molar-refractivity contribution in [2.45, 2.75) is 96.9 Å². The molecule has 0 saturated heterocycles. The standard InChI is InChI=1S/C30H40O7/c1-17-15-25(37-26(33)18(17)2)28(5,34)23-12-14-30(35)22-10-9-20-7-6-8-24(32)27(20,4)21(22)11-13-29(23,30)16-36-19(3)31/h6,8-9,21-23,25,34-35H,7,10-16H2,1-5H3. The maximum atomic E-state index is 13.2. The summed E-state index contributed by atoms with van der Waals surface area (Å²) < 4.78 is 11.4. The second-order valence-corrected chi connectivity index (χ2v) is 12.6. The summed E-state index contributed by atoms with van der Waals surface area (Å²) >= 11 is 0. The number of hydrogen-bond donors (Lipinski definition) is 2. The minimum absolute atomic E-state index is 0.0154. The molecule has 4 aliphatic carbocycles. The number of ketones is 1. The number of rotatable bonds is 4. The molecule has 37 heavy (non-hydrogen) atoms. The summed E-state index contributed by atoms with van der Waals surface area (Å²) in [5, 5.41) is 24.8. The van der Waals surface area contributed by atoms with E-state index in [0.29, 0.717) is 44.1 Å². The number of esters is 2. The Bertz CT molecular complexity index is 1130. The molecule has 5 aliphatic rings. The Morgan fingerprint density at radius 3 is 2.62 bits per heavy atom. The summed E-state index contributed by atoms with van der Waals surface area (Å²) in [6, 6.07) is 0. The van der Waals surface area contributed by atoms with Gasteiger partial charge in [0, 0.05) is 30.3 Å². The van der Waals surface area contributed by atoms with Crippen LogP contribution >= 0.6 is 0 Å². The van der Waals surface area contributed by atoms with Gasteiger partial charge in [0.05, 0.1) is 11.0 Å². The van der Waals surface area contributed by atoms with E-state index in [-0.39, 0.29) is 24.2 Å². The predicted molar refractivity (Wildman–Crippen MR) is 136 cm³/mol. The van der Waals surface area contributed by atoms with Gasteiger partial charge in [0.1, 0.15) is 18.3 Å². The van der Waals surface area contributed by atoms with Crippen LogP contribution in [0.5, 0.6) is 0 Å². The van der Waals surface area contributed by atoms with Crippen molar-refractivity contribution in [1.29, 1.82) is 0 Å². The normalized spacial score (nSPS) is 42.7. The Labute approximate surface area is 219 Å². The van der Waals surface area contributed by atoms with Crippen LogP contribution in [0, 0.1) is 28.6 Å². The maximum Gasteiger partial charge on any atom is 0.334 e. The van der Waals surface area contributed by atoms with E-state index >= 15 is 0 Å². The second-order valence-electron chi connectivity index (χ2n) is 12.6. The van der Waals surface area contributed by atoms with Crippen LogP contribution in [-0.4, -0.2) is 51.8 Å². The number of aliphatic hydroxyl groups is 2. The molecule has 7 nitrogen and oxygen atoms in total. The van der Waals surface area contributed by atoms with Crippen molar-refractivity contribution in [2.75, 3.05) is 6.61 Å². The fourth-order valence-corrected chi connectivity index (χ4v) is 8.75. The van der Waals surface area contributed by atoms with Crippen molar-refractivity contribution in [3.63, 3.8) is 0 Å². The lowest BCUT2D eigenvalue weighted by atomic mass is 9.45. The summed E-state index contributed by atoms with van der Waals surface area (Å²) in [5.74, 6) is -1.49. The summed E-state index contributed by atoms with van der Waals surface area (Å²) in [6.07, 6.45) is 8.90. The van der Waals surface area contributed by atoms with Gasteiger partial charge in [-0.15, -0.1) is 0 Å². The molecule has 0 bridgehead atoms. The van der Waals surface area contributed by atoms with Crippen molar-refractivity contribution < 1.29 is 34.1 Å². The minimum Gasteiger partial charge on any atom is -0.465 e. The maximum absolute atomic E-state index is 13.2. The van der Waals surface area contributed by atoms with Crippen LogP contribution < -0.4 is 0 Å². The molecule has 5 rings (SSSR count). The van der Waals surface area contributed by atoms with Crippen molar-refractivity contribution in [3.05, 3.63) is 34.9 Å². The highest BCUT2D eigenvalue weighted by Gasteiger charge is 2.72. The lowest BCUT2D eigenvalue weighted by Gasteiger charge is -2.61. The molecule has 1 heterocycles. The molecule has 0 radical (unpaired) electrons. The number of cyclic esters (lactones) is 1. The summed E-state index contributed by atoms with van der Waals surface area (Å²) in [6.45, 7) is 8.67. The van der Waals surface area contributed by atoms with Gasteiger partial charge in [0.2, 0.25) is 0 Å². The zero-order valence-corrected chi connectivity index (χ0v) is 22.6. The van der Waals surface area contributed by atoms with Gasteiger partial charge in [-0.2, -0.15) is 0 Å². The number of ether oxygens (including phenoxy) is 2. The lowest BCUT2D eigenvalue weighted by molar-refractivity contribution is -0.233. The smallest absolute Gasteiger partial charge is 0.334 e. The molecule has 2 saturated carbocycles. The van der Waals surface area contributed by atoms with Crippen molar-refractivity contribution in [3.8, 4) is 0 Å². The van der Waals surface area contributed by atoms with Crippen LogP contribution in [0.3, 0.4) is 0 Å². The number of hydrogen-bond acceptors (Lipinski definition) is 7. The van der Waals surface area contributed by atoms with E-state index in [1.54, 1.807) is 19.9 Å². The summed E-state index contributed by atoms with van der Waals surface area (Å²) in [4.78, 5) is 37.8. The molecule has 8 atom stereocenters. The second kappa shape index (κ2) is 8.63. The molecule has 0 aromatic heterocycles. The highest BCUT2D eigenvalue weighted by molar-refractivity contribution is 5.98. The third kappa shape index (κ3) is 3.56. The first-order valence-corrected chi connectivity index (χ1v) is 13.6. The Morgan fingerprint density at radius 2 is 1.95 bits per heavy atom. The van der Waals surface area contributed by atoms with Gasteiger partial charge in [-0.3, -0.25) is 9.59 Å². The average Bonchev–Trinajstić information content (AvgIpc) is 3.15. The quantitative estimate of drug-likeness (QED) is 0.433. The highest BCUT2D eigenvalue weighted by Crippen LogP contribution is 2.69.